The van der Waals surface area contributed by atoms with Gasteiger partial charge in [-0.2, -0.15) is 5.10 Å². The Morgan fingerprint density at radius 2 is 1.79 bits per heavy atom. The van der Waals surface area contributed by atoms with Crippen molar-refractivity contribution in [1.29, 1.82) is 0 Å². The standard InChI is InChI=1S/C18H19N3O2S/c1-14-8-9-18(10-15(14)2)24(22,23)20-12-16-11-19-21(13-16)17-6-4-3-5-7-17/h3-11,13,20H,12H2,1-2H3. The quantitative estimate of drug-likeness (QED) is 0.776. The molecule has 6 heteroatoms. The zero-order valence-electron chi connectivity index (χ0n) is 13.6. The van der Waals surface area contributed by atoms with Gasteiger partial charge in [0.1, 0.15) is 0 Å². The Morgan fingerprint density at radius 1 is 1.04 bits per heavy atom. The molecule has 1 heterocycles. The van der Waals surface area contributed by atoms with Gasteiger partial charge in [0.2, 0.25) is 10.0 Å². The van der Waals surface area contributed by atoms with Crippen LogP contribution in [0.5, 0.6) is 0 Å². The Balaban J connectivity index is 1.73. The van der Waals surface area contributed by atoms with Crippen LogP contribution in [-0.2, 0) is 16.6 Å². The van der Waals surface area contributed by atoms with Gasteiger partial charge in [0, 0.05) is 18.3 Å². The summed E-state index contributed by atoms with van der Waals surface area (Å²) < 4.78 is 29.2. The molecule has 0 amide bonds. The minimum absolute atomic E-state index is 0.197. The molecular formula is C18H19N3O2S. The number of hydrogen-bond acceptors (Lipinski definition) is 3. The summed E-state index contributed by atoms with van der Waals surface area (Å²) >= 11 is 0. The molecule has 0 aliphatic rings. The maximum atomic E-state index is 12.4. The lowest BCUT2D eigenvalue weighted by Gasteiger charge is -2.08. The number of aromatic nitrogens is 2. The maximum absolute atomic E-state index is 12.4. The summed E-state index contributed by atoms with van der Waals surface area (Å²) in [7, 11) is -3.54. The van der Waals surface area contributed by atoms with Crippen molar-refractivity contribution in [2.45, 2.75) is 25.3 Å². The third-order valence-corrected chi connectivity index (χ3v) is 5.31. The van der Waals surface area contributed by atoms with E-state index in [2.05, 4.69) is 9.82 Å². The molecule has 1 aromatic heterocycles. The van der Waals surface area contributed by atoms with E-state index in [4.69, 9.17) is 0 Å². The summed E-state index contributed by atoms with van der Waals surface area (Å²) in [5.74, 6) is 0. The normalized spacial score (nSPS) is 11.6. The van der Waals surface area contributed by atoms with E-state index in [9.17, 15) is 8.42 Å². The van der Waals surface area contributed by atoms with Crippen molar-refractivity contribution in [2.24, 2.45) is 0 Å². The summed E-state index contributed by atoms with van der Waals surface area (Å²) in [6, 6.07) is 14.8. The number of hydrogen-bond donors (Lipinski definition) is 1. The second-order valence-electron chi connectivity index (χ2n) is 5.70. The van der Waals surface area contributed by atoms with Crippen molar-refractivity contribution in [3.63, 3.8) is 0 Å². The molecule has 0 radical (unpaired) electrons. The van der Waals surface area contributed by atoms with E-state index in [0.29, 0.717) is 0 Å². The molecule has 1 N–H and O–H groups in total. The van der Waals surface area contributed by atoms with Crippen molar-refractivity contribution in [2.75, 3.05) is 0 Å². The average molecular weight is 341 g/mol. The van der Waals surface area contributed by atoms with Crippen molar-refractivity contribution in [3.05, 3.63) is 77.6 Å². The van der Waals surface area contributed by atoms with Gasteiger partial charge < -0.3 is 0 Å². The Morgan fingerprint density at radius 3 is 2.50 bits per heavy atom. The minimum Gasteiger partial charge on any atom is -0.241 e. The second kappa shape index (κ2) is 6.59. The Bertz CT molecular complexity index is 947. The van der Waals surface area contributed by atoms with Gasteiger partial charge >= 0.3 is 0 Å². The van der Waals surface area contributed by atoms with Crippen LogP contribution in [0.2, 0.25) is 0 Å². The predicted molar refractivity (Wildman–Crippen MR) is 93.5 cm³/mol. The number of nitrogens with one attached hydrogen (secondary N) is 1. The molecule has 0 saturated carbocycles. The first-order chi connectivity index (χ1) is 11.5. The minimum atomic E-state index is -3.54. The van der Waals surface area contributed by atoms with Crippen LogP contribution >= 0.6 is 0 Å². The highest BCUT2D eigenvalue weighted by molar-refractivity contribution is 7.89. The number of rotatable bonds is 5. The summed E-state index contributed by atoms with van der Waals surface area (Å²) in [6.45, 7) is 4.05. The summed E-state index contributed by atoms with van der Waals surface area (Å²) in [4.78, 5) is 0.279. The van der Waals surface area contributed by atoms with Gasteiger partial charge in [-0.25, -0.2) is 17.8 Å². The summed E-state index contributed by atoms with van der Waals surface area (Å²) in [5.41, 5.74) is 3.75. The second-order valence-corrected chi connectivity index (χ2v) is 7.47. The third-order valence-electron chi connectivity index (χ3n) is 3.91. The van der Waals surface area contributed by atoms with E-state index in [1.807, 2.05) is 56.4 Å². The van der Waals surface area contributed by atoms with E-state index in [1.165, 1.54) is 0 Å². The van der Waals surface area contributed by atoms with Crippen LogP contribution in [0.1, 0.15) is 16.7 Å². The van der Waals surface area contributed by atoms with Gasteiger partial charge in [-0.1, -0.05) is 24.3 Å². The number of nitrogens with zero attached hydrogens (tertiary/aromatic N) is 2. The summed E-state index contributed by atoms with van der Waals surface area (Å²) in [6.07, 6.45) is 3.48. The first kappa shape index (κ1) is 16.4. The van der Waals surface area contributed by atoms with Gasteiger partial charge in [0.15, 0.2) is 0 Å². The molecule has 124 valence electrons. The lowest BCUT2D eigenvalue weighted by atomic mass is 10.1. The van der Waals surface area contributed by atoms with Crippen molar-refractivity contribution in [1.82, 2.24) is 14.5 Å². The Kier molecular flexibility index (Phi) is 4.51. The fraction of sp³-hybridized carbons (Fsp3) is 0.167. The largest absolute Gasteiger partial charge is 0.241 e. The highest BCUT2D eigenvalue weighted by Crippen LogP contribution is 2.15. The van der Waals surface area contributed by atoms with Crippen molar-refractivity contribution < 1.29 is 8.42 Å². The van der Waals surface area contributed by atoms with Crippen LogP contribution in [-0.4, -0.2) is 18.2 Å². The predicted octanol–water partition coefficient (Wildman–Crippen LogP) is 2.97. The topological polar surface area (TPSA) is 64.0 Å². The lowest BCUT2D eigenvalue weighted by molar-refractivity contribution is 0.581. The molecule has 0 atom stereocenters. The Labute approximate surface area is 142 Å². The molecule has 3 aromatic rings. The van der Waals surface area contributed by atoms with Crippen LogP contribution in [0.25, 0.3) is 5.69 Å². The molecule has 0 spiro atoms. The number of aryl methyl sites for hydroxylation is 2. The monoisotopic (exact) mass is 341 g/mol. The molecule has 2 aromatic carbocycles. The van der Waals surface area contributed by atoms with Crippen LogP contribution in [0.3, 0.4) is 0 Å². The zero-order chi connectivity index (χ0) is 17.2. The molecule has 0 unspecified atom stereocenters. The molecule has 0 aliphatic heterocycles. The average Bonchev–Trinajstić information content (AvgIpc) is 3.05. The molecule has 3 rings (SSSR count). The first-order valence-corrected chi connectivity index (χ1v) is 9.10. The van der Waals surface area contributed by atoms with Gasteiger partial charge in [-0.15, -0.1) is 0 Å². The van der Waals surface area contributed by atoms with Crippen LogP contribution in [0.15, 0.2) is 65.8 Å². The van der Waals surface area contributed by atoms with E-state index >= 15 is 0 Å². The van der Waals surface area contributed by atoms with Gasteiger partial charge in [0.05, 0.1) is 16.8 Å². The molecule has 0 bridgehead atoms. The molecule has 5 nitrogen and oxygen atoms in total. The number of sulfonamides is 1. The van der Waals surface area contributed by atoms with Gasteiger partial charge in [0.25, 0.3) is 0 Å². The fourth-order valence-electron chi connectivity index (χ4n) is 2.32. The number of para-hydroxylation sites is 1. The van der Waals surface area contributed by atoms with E-state index in [1.54, 1.807) is 23.0 Å². The van der Waals surface area contributed by atoms with Crippen molar-refractivity contribution >= 4 is 10.0 Å². The molecule has 0 fully saturated rings. The molecule has 24 heavy (non-hydrogen) atoms. The highest BCUT2D eigenvalue weighted by atomic mass is 32.2. The number of benzene rings is 2. The van der Waals surface area contributed by atoms with E-state index < -0.39 is 10.0 Å². The smallest absolute Gasteiger partial charge is 0.240 e. The highest BCUT2D eigenvalue weighted by Gasteiger charge is 2.14. The molecular weight excluding hydrogens is 322 g/mol. The Hall–Kier alpha value is -2.44. The van der Waals surface area contributed by atoms with E-state index in [0.717, 1.165) is 22.4 Å². The van der Waals surface area contributed by atoms with Crippen molar-refractivity contribution in [3.8, 4) is 5.69 Å². The lowest BCUT2D eigenvalue weighted by Crippen LogP contribution is -2.23. The van der Waals surface area contributed by atoms with E-state index in [-0.39, 0.29) is 11.4 Å². The fourth-order valence-corrected chi connectivity index (χ4v) is 3.42. The van der Waals surface area contributed by atoms with Crippen LogP contribution < -0.4 is 4.72 Å². The zero-order valence-corrected chi connectivity index (χ0v) is 14.4. The third kappa shape index (κ3) is 3.55. The van der Waals surface area contributed by atoms with Gasteiger partial charge in [-0.05, 0) is 49.2 Å². The van der Waals surface area contributed by atoms with Crippen LogP contribution in [0.4, 0.5) is 0 Å². The molecule has 0 saturated heterocycles. The summed E-state index contributed by atoms with van der Waals surface area (Å²) in [5, 5.41) is 4.27. The first-order valence-electron chi connectivity index (χ1n) is 7.61. The van der Waals surface area contributed by atoms with Gasteiger partial charge in [-0.3, -0.25) is 0 Å². The maximum Gasteiger partial charge on any atom is 0.240 e. The SMILES string of the molecule is Cc1ccc(S(=O)(=O)NCc2cnn(-c3ccccc3)c2)cc1C. The van der Waals surface area contributed by atoms with Crippen LogP contribution in [0, 0.1) is 13.8 Å². The molecule has 0 aliphatic carbocycles.